The average molecular weight is 295 g/mol. The van der Waals surface area contributed by atoms with Crippen molar-refractivity contribution in [3.63, 3.8) is 0 Å². The van der Waals surface area contributed by atoms with Gasteiger partial charge in [-0.1, -0.05) is 45.2 Å². The lowest BCUT2D eigenvalue weighted by atomic mass is 9.90. The third kappa shape index (κ3) is 3.32. The molecule has 3 nitrogen and oxygen atoms in total. The third-order valence-corrected chi connectivity index (χ3v) is 4.20. The molecule has 2 rings (SSSR count). The van der Waals surface area contributed by atoms with Crippen LogP contribution in [0.2, 0.25) is 5.15 Å². The van der Waals surface area contributed by atoms with Gasteiger partial charge in [0, 0.05) is 29.8 Å². The number of rotatable bonds is 2. The van der Waals surface area contributed by atoms with Crippen LogP contribution in [-0.4, -0.2) is 28.9 Å². The largest absolute Gasteiger partial charge is 0.339 e. The van der Waals surface area contributed by atoms with Crippen molar-refractivity contribution in [2.75, 3.05) is 7.05 Å². The fourth-order valence-electron chi connectivity index (χ4n) is 2.67. The maximum atomic E-state index is 12.6. The molecule has 0 saturated heterocycles. The van der Waals surface area contributed by atoms with E-state index in [-0.39, 0.29) is 11.3 Å². The Morgan fingerprint density at radius 1 is 1.30 bits per heavy atom. The van der Waals surface area contributed by atoms with Gasteiger partial charge in [0.2, 0.25) is 0 Å². The Labute approximate surface area is 126 Å². The first-order valence-electron chi connectivity index (χ1n) is 7.24. The van der Waals surface area contributed by atoms with Crippen molar-refractivity contribution in [2.24, 2.45) is 0 Å². The second-order valence-electron chi connectivity index (χ2n) is 6.67. The maximum Gasteiger partial charge on any atom is 0.254 e. The Balaban J connectivity index is 2.27. The van der Waals surface area contributed by atoms with Crippen LogP contribution < -0.4 is 0 Å². The van der Waals surface area contributed by atoms with Crippen LogP contribution >= 0.6 is 11.6 Å². The van der Waals surface area contributed by atoms with Crippen molar-refractivity contribution in [2.45, 2.75) is 57.9 Å². The first-order valence-corrected chi connectivity index (χ1v) is 7.62. The highest BCUT2D eigenvalue weighted by Gasteiger charge is 2.26. The molecule has 0 aromatic carbocycles. The van der Waals surface area contributed by atoms with Gasteiger partial charge >= 0.3 is 0 Å². The van der Waals surface area contributed by atoms with E-state index in [9.17, 15) is 4.79 Å². The number of amides is 1. The van der Waals surface area contributed by atoms with E-state index in [1.807, 2.05) is 18.0 Å². The van der Waals surface area contributed by atoms with Crippen LogP contribution in [0.3, 0.4) is 0 Å². The highest BCUT2D eigenvalue weighted by Crippen LogP contribution is 2.26. The summed E-state index contributed by atoms with van der Waals surface area (Å²) in [5.41, 5.74) is 1.38. The Hall–Kier alpha value is -1.09. The molecule has 1 saturated carbocycles. The second-order valence-corrected chi connectivity index (χ2v) is 7.06. The molecule has 0 radical (unpaired) electrons. The van der Waals surface area contributed by atoms with Crippen LogP contribution in [0.25, 0.3) is 0 Å². The van der Waals surface area contributed by atoms with Gasteiger partial charge in [-0.3, -0.25) is 4.79 Å². The molecule has 0 N–H and O–H groups in total. The predicted molar refractivity (Wildman–Crippen MR) is 82.3 cm³/mol. The van der Waals surface area contributed by atoms with Crippen LogP contribution in [0.4, 0.5) is 0 Å². The molecule has 0 aliphatic heterocycles. The zero-order chi connectivity index (χ0) is 14.9. The molecule has 1 aliphatic carbocycles. The van der Waals surface area contributed by atoms with E-state index < -0.39 is 0 Å². The van der Waals surface area contributed by atoms with Crippen molar-refractivity contribution in [3.05, 3.63) is 28.5 Å². The molecule has 1 aliphatic rings. The lowest BCUT2D eigenvalue weighted by Crippen LogP contribution is -2.35. The summed E-state index contributed by atoms with van der Waals surface area (Å²) in [7, 11) is 1.89. The Morgan fingerprint density at radius 3 is 2.45 bits per heavy atom. The smallest absolute Gasteiger partial charge is 0.254 e. The Bertz CT molecular complexity index is 502. The lowest BCUT2D eigenvalue weighted by Gasteiger charge is -2.25. The van der Waals surface area contributed by atoms with Gasteiger partial charge in [-0.25, -0.2) is 4.98 Å². The zero-order valence-corrected chi connectivity index (χ0v) is 13.5. The highest BCUT2D eigenvalue weighted by atomic mass is 35.5. The molecule has 110 valence electrons. The molecule has 0 atom stereocenters. The summed E-state index contributed by atoms with van der Waals surface area (Å²) in [6.07, 6.45) is 4.64. The molecule has 1 heterocycles. The van der Waals surface area contributed by atoms with Crippen molar-refractivity contribution < 1.29 is 4.79 Å². The summed E-state index contributed by atoms with van der Waals surface area (Å²) >= 11 is 6.08. The van der Waals surface area contributed by atoms with Crippen LogP contribution in [-0.2, 0) is 5.41 Å². The minimum Gasteiger partial charge on any atom is -0.339 e. The number of hydrogen-bond acceptors (Lipinski definition) is 2. The molecule has 4 heteroatoms. The van der Waals surface area contributed by atoms with Gasteiger partial charge in [-0.05, 0) is 25.0 Å². The first kappa shape index (κ1) is 15.3. The SMILES string of the molecule is CN(C(=O)c1cc(Cl)nc(C(C)(C)C)c1)C1CCCC1. The second kappa shape index (κ2) is 5.72. The number of halogens is 1. The fourth-order valence-corrected chi connectivity index (χ4v) is 2.87. The summed E-state index contributed by atoms with van der Waals surface area (Å²) in [5, 5.41) is 0.389. The summed E-state index contributed by atoms with van der Waals surface area (Å²) < 4.78 is 0. The quantitative estimate of drug-likeness (QED) is 0.771. The normalized spacial score (nSPS) is 16.4. The van der Waals surface area contributed by atoms with Crippen LogP contribution in [0.15, 0.2) is 12.1 Å². The molecule has 1 fully saturated rings. The Morgan fingerprint density at radius 2 is 1.90 bits per heavy atom. The topological polar surface area (TPSA) is 33.2 Å². The molecule has 1 amide bonds. The molecule has 20 heavy (non-hydrogen) atoms. The molecule has 1 aromatic rings. The van der Waals surface area contributed by atoms with Crippen molar-refractivity contribution in [1.82, 2.24) is 9.88 Å². The van der Waals surface area contributed by atoms with Crippen LogP contribution in [0, 0.1) is 0 Å². The number of carbonyl (C=O) groups excluding carboxylic acids is 1. The van der Waals surface area contributed by atoms with Crippen molar-refractivity contribution >= 4 is 17.5 Å². The Kier molecular flexibility index (Phi) is 4.38. The number of pyridine rings is 1. The molecule has 0 spiro atoms. The molecule has 0 bridgehead atoms. The minimum atomic E-state index is -0.119. The van der Waals surface area contributed by atoms with E-state index in [0.717, 1.165) is 18.5 Å². The first-order chi connectivity index (χ1) is 9.29. The van der Waals surface area contributed by atoms with E-state index in [4.69, 9.17) is 11.6 Å². The molecule has 1 aromatic heterocycles. The van der Waals surface area contributed by atoms with E-state index in [1.165, 1.54) is 12.8 Å². The number of hydrogen-bond donors (Lipinski definition) is 0. The maximum absolute atomic E-state index is 12.6. The monoisotopic (exact) mass is 294 g/mol. The van der Waals surface area contributed by atoms with E-state index in [0.29, 0.717) is 16.8 Å². The average Bonchev–Trinajstić information content (AvgIpc) is 2.89. The van der Waals surface area contributed by atoms with Gasteiger partial charge in [0.25, 0.3) is 5.91 Å². The highest BCUT2D eigenvalue weighted by molar-refractivity contribution is 6.29. The number of carbonyl (C=O) groups is 1. The fraction of sp³-hybridized carbons (Fsp3) is 0.625. The number of aromatic nitrogens is 1. The van der Waals surface area contributed by atoms with Crippen molar-refractivity contribution in [1.29, 1.82) is 0 Å². The predicted octanol–water partition coefficient (Wildman–Crippen LogP) is 4.05. The summed E-state index contributed by atoms with van der Waals surface area (Å²) in [6, 6.07) is 3.91. The van der Waals surface area contributed by atoms with E-state index >= 15 is 0 Å². The summed E-state index contributed by atoms with van der Waals surface area (Å²) in [6.45, 7) is 6.21. The van der Waals surface area contributed by atoms with Gasteiger partial charge in [-0.15, -0.1) is 0 Å². The minimum absolute atomic E-state index is 0.0479. The van der Waals surface area contributed by atoms with Crippen LogP contribution in [0.1, 0.15) is 62.5 Å². The number of nitrogens with zero attached hydrogens (tertiary/aromatic N) is 2. The van der Waals surface area contributed by atoms with Gasteiger partial charge in [0.05, 0.1) is 0 Å². The summed E-state index contributed by atoms with van der Waals surface area (Å²) in [4.78, 5) is 18.8. The van der Waals surface area contributed by atoms with E-state index in [2.05, 4.69) is 25.8 Å². The van der Waals surface area contributed by atoms with Gasteiger partial charge in [-0.2, -0.15) is 0 Å². The van der Waals surface area contributed by atoms with Gasteiger partial charge in [0.1, 0.15) is 5.15 Å². The van der Waals surface area contributed by atoms with Gasteiger partial charge in [0.15, 0.2) is 0 Å². The molecule has 0 unspecified atom stereocenters. The van der Waals surface area contributed by atoms with E-state index in [1.54, 1.807) is 6.07 Å². The lowest BCUT2D eigenvalue weighted by molar-refractivity contribution is 0.0735. The van der Waals surface area contributed by atoms with Crippen molar-refractivity contribution in [3.8, 4) is 0 Å². The standard InChI is InChI=1S/C16H23ClN2O/c1-16(2,3)13-9-11(10-14(17)18-13)15(20)19(4)12-7-5-6-8-12/h9-10,12H,5-8H2,1-4H3. The summed E-state index contributed by atoms with van der Waals surface area (Å²) in [5.74, 6) is 0.0479. The zero-order valence-electron chi connectivity index (χ0n) is 12.7. The third-order valence-electron chi connectivity index (χ3n) is 4.00. The molecular formula is C16H23ClN2O. The molecular weight excluding hydrogens is 272 g/mol. The van der Waals surface area contributed by atoms with Gasteiger partial charge < -0.3 is 4.90 Å². The van der Waals surface area contributed by atoms with Crippen LogP contribution in [0.5, 0.6) is 0 Å².